The molecule has 4 nitrogen and oxygen atoms in total. The highest BCUT2D eigenvalue weighted by atomic mass is 16.5. The van der Waals surface area contributed by atoms with Gasteiger partial charge in [-0.15, -0.1) is 0 Å². The Hall–Kier alpha value is -0.160. The van der Waals surface area contributed by atoms with E-state index in [4.69, 9.17) is 9.47 Å². The SMILES string of the molecule is COC1CCCC(N2CC(C)OC(CO)C2)C1. The monoisotopic (exact) mass is 243 g/mol. The molecule has 0 aromatic heterocycles. The lowest BCUT2D eigenvalue weighted by atomic mass is 9.91. The number of hydrogen-bond donors (Lipinski definition) is 1. The van der Waals surface area contributed by atoms with Gasteiger partial charge in [0.2, 0.25) is 0 Å². The first kappa shape index (κ1) is 13.3. The lowest BCUT2D eigenvalue weighted by Crippen LogP contribution is -2.53. The Morgan fingerprint density at radius 1 is 1.35 bits per heavy atom. The zero-order chi connectivity index (χ0) is 12.3. The van der Waals surface area contributed by atoms with E-state index in [1.54, 1.807) is 0 Å². The van der Waals surface area contributed by atoms with Crippen LogP contribution >= 0.6 is 0 Å². The summed E-state index contributed by atoms with van der Waals surface area (Å²) in [6.07, 6.45) is 5.45. The van der Waals surface area contributed by atoms with Crippen molar-refractivity contribution in [2.75, 3.05) is 26.8 Å². The maximum absolute atomic E-state index is 9.25. The third-order valence-electron chi connectivity index (χ3n) is 4.01. The van der Waals surface area contributed by atoms with Gasteiger partial charge in [-0.1, -0.05) is 0 Å². The molecular weight excluding hydrogens is 218 g/mol. The zero-order valence-electron chi connectivity index (χ0n) is 11.0. The number of aliphatic hydroxyl groups is 1. The summed E-state index contributed by atoms with van der Waals surface area (Å²) in [7, 11) is 1.81. The highest BCUT2D eigenvalue weighted by Gasteiger charge is 2.32. The number of methoxy groups -OCH3 is 1. The maximum atomic E-state index is 9.25. The van der Waals surface area contributed by atoms with E-state index in [1.807, 2.05) is 7.11 Å². The zero-order valence-corrected chi connectivity index (χ0v) is 11.0. The van der Waals surface area contributed by atoms with Crippen LogP contribution < -0.4 is 0 Å². The van der Waals surface area contributed by atoms with Gasteiger partial charge in [-0.05, 0) is 32.6 Å². The molecule has 0 bridgehead atoms. The Labute approximate surface area is 104 Å². The van der Waals surface area contributed by atoms with Crippen LogP contribution in [0.1, 0.15) is 32.6 Å². The number of ether oxygens (including phenoxy) is 2. The molecule has 1 aliphatic heterocycles. The van der Waals surface area contributed by atoms with Gasteiger partial charge in [0.05, 0.1) is 24.9 Å². The van der Waals surface area contributed by atoms with Crippen LogP contribution in [0.25, 0.3) is 0 Å². The van der Waals surface area contributed by atoms with Gasteiger partial charge in [-0.3, -0.25) is 4.90 Å². The molecule has 100 valence electrons. The van der Waals surface area contributed by atoms with Gasteiger partial charge in [-0.2, -0.15) is 0 Å². The largest absolute Gasteiger partial charge is 0.394 e. The third kappa shape index (κ3) is 3.41. The van der Waals surface area contributed by atoms with E-state index >= 15 is 0 Å². The Balaban J connectivity index is 1.91. The van der Waals surface area contributed by atoms with E-state index in [0.29, 0.717) is 12.1 Å². The molecule has 4 heteroatoms. The summed E-state index contributed by atoms with van der Waals surface area (Å²) in [5.74, 6) is 0. The summed E-state index contributed by atoms with van der Waals surface area (Å²) in [6.45, 7) is 4.06. The molecule has 1 aliphatic carbocycles. The molecule has 4 unspecified atom stereocenters. The molecule has 0 spiro atoms. The number of rotatable bonds is 3. The molecule has 0 amide bonds. The highest BCUT2D eigenvalue weighted by Crippen LogP contribution is 2.27. The molecular formula is C13H25NO3. The fourth-order valence-electron chi connectivity index (χ4n) is 3.15. The molecule has 0 radical (unpaired) electrons. The van der Waals surface area contributed by atoms with E-state index in [-0.39, 0.29) is 18.8 Å². The normalized spacial score (nSPS) is 40.4. The van der Waals surface area contributed by atoms with Crippen molar-refractivity contribution >= 4 is 0 Å². The second-order valence-corrected chi connectivity index (χ2v) is 5.38. The molecule has 1 saturated heterocycles. The van der Waals surface area contributed by atoms with Crippen LogP contribution in [0.3, 0.4) is 0 Å². The van der Waals surface area contributed by atoms with Gasteiger partial charge in [0.25, 0.3) is 0 Å². The van der Waals surface area contributed by atoms with Crippen molar-refractivity contribution < 1.29 is 14.6 Å². The smallest absolute Gasteiger partial charge is 0.0936 e. The summed E-state index contributed by atoms with van der Waals surface area (Å²) >= 11 is 0. The van der Waals surface area contributed by atoms with Crippen molar-refractivity contribution in [2.45, 2.75) is 57.0 Å². The average molecular weight is 243 g/mol. The van der Waals surface area contributed by atoms with Crippen molar-refractivity contribution in [1.29, 1.82) is 0 Å². The van der Waals surface area contributed by atoms with Gasteiger partial charge in [0, 0.05) is 26.2 Å². The number of hydrogen-bond acceptors (Lipinski definition) is 4. The molecule has 0 aromatic carbocycles. The highest BCUT2D eigenvalue weighted by molar-refractivity contribution is 4.85. The van der Waals surface area contributed by atoms with Crippen LogP contribution in [0, 0.1) is 0 Å². The predicted octanol–water partition coefficient (Wildman–Crippen LogP) is 1.03. The van der Waals surface area contributed by atoms with E-state index in [2.05, 4.69) is 11.8 Å². The first-order valence-electron chi connectivity index (χ1n) is 6.76. The topological polar surface area (TPSA) is 41.9 Å². The van der Waals surface area contributed by atoms with E-state index in [0.717, 1.165) is 19.5 Å². The van der Waals surface area contributed by atoms with Gasteiger partial charge in [0.1, 0.15) is 0 Å². The molecule has 4 atom stereocenters. The van der Waals surface area contributed by atoms with E-state index in [1.165, 1.54) is 19.3 Å². The summed E-state index contributed by atoms with van der Waals surface area (Å²) in [4.78, 5) is 2.49. The molecule has 0 aromatic rings. The van der Waals surface area contributed by atoms with Crippen LogP contribution in [0.4, 0.5) is 0 Å². The van der Waals surface area contributed by atoms with Crippen molar-refractivity contribution in [3.8, 4) is 0 Å². The fraction of sp³-hybridized carbons (Fsp3) is 1.00. The minimum Gasteiger partial charge on any atom is -0.394 e. The summed E-state index contributed by atoms with van der Waals surface area (Å²) in [5, 5.41) is 9.25. The van der Waals surface area contributed by atoms with E-state index < -0.39 is 0 Å². The number of morpholine rings is 1. The minimum atomic E-state index is -0.0123. The van der Waals surface area contributed by atoms with Crippen molar-refractivity contribution in [1.82, 2.24) is 4.90 Å². The fourth-order valence-corrected chi connectivity index (χ4v) is 3.15. The minimum absolute atomic E-state index is 0.0123. The quantitative estimate of drug-likeness (QED) is 0.804. The Morgan fingerprint density at radius 3 is 2.88 bits per heavy atom. The Bertz CT molecular complexity index is 237. The summed E-state index contributed by atoms with van der Waals surface area (Å²) < 4.78 is 11.2. The molecule has 1 heterocycles. The Morgan fingerprint density at radius 2 is 2.18 bits per heavy atom. The van der Waals surface area contributed by atoms with Crippen LogP contribution in [-0.2, 0) is 9.47 Å². The molecule has 1 saturated carbocycles. The molecule has 2 fully saturated rings. The average Bonchev–Trinajstić information content (AvgIpc) is 2.38. The first-order chi connectivity index (χ1) is 8.22. The molecule has 2 rings (SSSR count). The van der Waals surface area contributed by atoms with Crippen LogP contribution in [0.5, 0.6) is 0 Å². The van der Waals surface area contributed by atoms with E-state index in [9.17, 15) is 5.11 Å². The second kappa shape index (κ2) is 6.14. The lowest BCUT2D eigenvalue weighted by molar-refractivity contribution is -0.113. The van der Waals surface area contributed by atoms with Gasteiger partial charge < -0.3 is 14.6 Å². The van der Waals surface area contributed by atoms with Crippen molar-refractivity contribution in [3.63, 3.8) is 0 Å². The molecule has 17 heavy (non-hydrogen) atoms. The predicted molar refractivity (Wildman–Crippen MR) is 66.0 cm³/mol. The van der Waals surface area contributed by atoms with Gasteiger partial charge in [0.15, 0.2) is 0 Å². The van der Waals surface area contributed by atoms with Crippen LogP contribution in [0.15, 0.2) is 0 Å². The number of aliphatic hydroxyl groups excluding tert-OH is 1. The summed E-state index contributed by atoms with van der Waals surface area (Å²) in [6, 6.07) is 0.606. The van der Waals surface area contributed by atoms with Gasteiger partial charge in [-0.25, -0.2) is 0 Å². The third-order valence-corrected chi connectivity index (χ3v) is 4.01. The summed E-state index contributed by atoms with van der Waals surface area (Å²) in [5.41, 5.74) is 0. The van der Waals surface area contributed by atoms with Crippen molar-refractivity contribution in [2.24, 2.45) is 0 Å². The standard InChI is InChI=1S/C13H25NO3/c1-10-7-14(8-13(9-15)17-10)11-4-3-5-12(6-11)16-2/h10-13,15H,3-9H2,1-2H3. The maximum Gasteiger partial charge on any atom is 0.0936 e. The Kier molecular flexibility index (Phi) is 4.79. The molecule has 1 N–H and O–H groups in total. The number of nitrogens with zero attached hydrogens (tertiary/aromatic N) is 1. The van der Waals surface area contributed by atoms with Crippen molar-refractivity contribution in [3.05, 3.63) is 0 Å². The van der Waals surface area contributed by atoms with Gasteiger partial charge >= 0.3 is 0 Å². The van der Waals surface area contributed by atoms with Crippen LogP contribution in [0.2, 0.25) is 0 Å². The second-order valence-electron chi connectivity index (χ2n) is 5.38. The first-order valence-corrected chi connectivity index (χ1v) is 6.76. The lowest BCUT2D eigenvalue weighted by Gasteiger charge is -2.43. The van der Waals surface area contributed by atoms with Crippen LogP contribution in [-0.4, -0.2) is 61.2 Å². The molecule has 2 aliphatic rings.